The summed E-state index contributed by atoms with van der Waals surface area (Å²) in [4.78, 5) is 0. The van der Waals surface area contributed by atoms with Crippen LogP contribution in [0.25, 0.3) is 11.1 Å². The van der Waals surface area contributed by atoms with Crippen LogP contribution in [0.4, 0.5) is 0 Å². The van der Waals surface area contributed by atoms with Crippen molar-refractivity contribution in [3.05, 3.63) is 81.7 Å². The Morgan fingerprint density at radius 1 is 0.958 bits per heavy atom. The van der Waals surface area contributed by atoms with Crippen LogP contribution in [0.2, 0.25) is 10.0 Å². The first kappa shape index (κ1) is 17.1. The highest BCUT2D eigenvalue weighted by Gasteiger charge is 2.16. The highest BCUT2D eigenvalue weighted by molar-refractivity contribution is 6.42. The second-order valence-corrected chi connectivity index (χ2v) is 6.50. The van der Waals surface area contributed by atoms with E-state index in [2.05, 4.69) is 31.6 Å². The van der Waals surface area contributed by atoms with Crippen molar-refractivity contribution >= 4 is 34.3 Å². The molecule has 0 aromatic heterocycles. The molecule has 0 aliphatic heterocycles. The van der Waals surface area contributed by atoms with E-state index >= 15 is 0 Å². The van der Waals surface area contributed by atoms with Gasteiger partial charge in [-0.1, -0.05) is 47.5 Å². The average molecular weight is 358 g/mol. The van der Waals surface area contributed by atoms with Crippen molar-refractivity contribution in [2.75, 3.05) is 6.61 Å². The van der Waals surface area contributed by atoms with E-state index in [0.29, 0.717) is 16.7 Å². The molecule has 1 aliphatic rings. The van der Waals surface area contributed by atoms with Crippen molar-refractivity contribution in [1.82, 2.24) is 0 Å². The molecule has 0 unspecified atom stereocenters. The Balaban J connectivity index is 1.96. The van der Waals surface area contributed by atoms with E-state index < -0.39 is 0 Å². The van der Waals surface area contributed by atoms with Gasteiger partial charge in [0.25, 0.3) is 0 Å². The first-order valence-electron chi connectivity index (χ1n) is 8.03. The first-order chi connectivity index (χ1) is 11.6. The monoisotopic (exact) mass is 357 g/mol. The topological polar surface area (TPSA) is 9.23 Å². The van der Waals surface area contributed by atoms with Crippen LogP contribution in [0.3, 0.4) is 0 Å². The molecule has 0 fully saturated rings. The largest absolute Gasteiger partial charge is 0.494 e. The maximum absolute atomic E-state index is 6.18. The molecule has 0 bridgehead atoms. The molecule has 0 saturated heterocycles. The zero-order valence-corrected chi connectivity index (χ0v) is 15.3. The summed E-state index contributed by atoms with van der Waals surface area (Å²) in [5.41, 5.74) is 5.99. The summed E-state index contributed by atoms with van der Waals surface area (Å²) < 4.78 is 5.53. The van der Waals surface area contributed by atoms with Gasteiger partial charge in [-0.2, -0.15) is 0 Å². The van der Waals surface area contributed by atoms with Gasteiger partial charge in [0.1, 0.15) is 5.75 Å². The minimum atomic E-state index is 0.580. The molecular weight excluding hydrogens is 339 g/mol. The van der Waals surface area contributed by atoms with Crippen LogP contribution < -0.4 is 4.74 Å². The minimum Gasteiger partial charge on any atom is -0.494 e. The van der Waals surface area contributed by atoms with E-state index in [0.717, 1.165) is 17.7 Å². The van der Waals surface area contributed by atoms with Crippen LogP contribution in [0, 0.1) is 6.42 Å². The number of ether oxygens (including phenoxy) is 1. The quantitative estimate of drug-likeness (QED) is 0.580. The van der Waals surface area contributed by atoms with Crippen LogP contribution >= 0.6 is 23.2 Å². The van der Waals surface area contributed by atoms with E-state index in [9.17, 15) is 0 Å². The van der Waals surface area contributed by atoms with Crippen LogP contribution in [0.1, 0.15) is 31.4 Å². The summed E-state index contributed by atoms with van der Waals surface area (Å²) in [6.45, 7) is 4.82. The van der Waals surface area contributed by atoms with E-state index in [1.165, 1.54) is 22.3 Å². The van der Waals surface area contributed by atoms with Crippen molar-refractivity contribution in [1.29, 1.82) is 0 Å². The van der Waals surface area contributed by atoms with Gasteiger partial charge in [0.05, 0.1) is 16.7 Å². The first-order valence-corrected chi connectivity index (χ1v) is 8.79. The minimum absolute atomic E-state index is 0.580. The number of halogens is 2. The van der Waals surface area contributed by atoms with Crippen LogP contribution in [-0.2, 0) is 0 Å². The molecule has 1 radical (unpaired) electrons. The van der Waals surface area contributed by atoms with Gasteiger partial charge in [0.2, 0.25) is 0 Å². The molecule has 3 rings (SSSR count). The van der Waals surface area contributed by atoms with Crippen LogP contribution in [0.15, 0.2) is 54.1 Å². The Morgan fingerprint density at radius 2 is 1.67 bits per heavy atom. The molecule has 1 nitrogen and oxygen atoms in total. The molecule has 0 amide bonds. The fourth-order valence-electron chi connectivity index (χ4n) is 2.98. The Bertz CT molecular complexity index is 801. The normalized spacial score (nSPS) is 14.6. The second kappa shape index (κ2) is 7.46. The SMILES string of the molecule is CCOc1ccc(C2=C(C)C(c3ccc(Cl)c(Cl)c3)=CC[CH]2)cc1. The Hall–Kier alpha value is -1.70. The van der Waals surface area contributed by atoms with Gasteiger partial charge in [-0.25, -0.2) is 0 Å². The number of hydrogen-bond acceptors (Lipinski definition) is 1. The zero-order chi connectivity index (χ0) is 17.1. The van der Waals surface area contributed by atoms with Gasteiger partial charge in [0.15, 0.2) is 0 Å². The van der Waals surface area contributed by atoms with Gasteiger partial charge in [-0.05, 0) is 78.8 Å². The lowest BCUT2D eigenvalue weighted by atomic mass is 9.85. The third-order valence-electron chi connectivity index (χ3n) is 4.16. The molecule has 2 aromatic carbocycles. The van der Waals surface area contributed by atoms with Gasteiger partial charge in [0, 0.05) is 0 Å². The summed E-state index contributed by atoms with van der Waals surface area (Å²) in [5, 5.41) is 1.16. The molecule has 1 aliphatic carbocycles. The van der Waals surface area contributed by atoms with Gasteiger partial charge in [-0.15, -0.1) is 0 Å². The molecular formula is C21H19Cl2O. The molecule has 24 heavy (non-hydrogen) atoms. The van der Waals surface area contributed by atoms with E-state index in [-0.39, 0.29) is 0 Å². The number of hydrogen-bond donors (Lipinski definition) is 0. The smallest absolute Gasteiger partial charge is 0.119 e. The van der Waals surface area contributed by atoms with E-state index in [1.54, 1.807) is 0 Å². The fraction of sp³-hybridized carbons (Fsp3) is 0.190. The predicted octanol–water partition coefficient (Wildman–Crippen LogP) is 6.86. The Labute approximate surface area is 153 Å². The standard InChI is InChI=1S/C21H19Cl2O/c1-3-24-17-10-7-15(8-11-17)18-5-4-6-19(14(18)2)16-9-12-20(22)21(23)13-16/h5-13H,3-4H2,1-2H3. The van der Waals surface area contributed by atoms with E-state index in [4.69, 9.17) is 27.9 Å². The highest BCUT2D eigenvalue weighted by Crippen LogP contribution is 2.38. The molecule has 3 heteroatoms. The van der Waals surface area contributed by atoms with Gasteiger partial charge in [-0.3, -0.25) is 0 Å². The Morgan fingerprint density at radius 3 is 2.33 bits per heavy atom. The summed E-state index contributed by atoms with van der Waals surface area (Å²) in [7, 11) is 0. The summed E-state index contributed by atoms with van der Waals surface area (Å²) >= 11 is 12.2. The number of rotatable bonds is 4. The molecule has 0 atom stereocenters. The van der Waals surface area contributed by atoms with Crippen molar-refractivity contribution in [2.24, 2.45) is 0 Å². The lowest BCUT2D eigenvalue weighted by molar-refractivity contribution is 0.340. The molecule has 0 heterocycles. The second-order valence-electron chi connectivity index (χ2n) is 5.68. The van der Waals surface area contributed by atoms with Crippen molar-refractivity contribution < 1.29 is 4.74 Å². The molecule has 0 saturated carbocycles. The maximum atomic E-state index is 6.18. The van der Waals surface area contributed by atoms with Gasteiger partial charge >= 0.3 is 0 Å². The third kappa shape index (κ3) is 3.53. The van der Waals surface area contributed by atoms with E-state index in [1.807, 2.05) is 37.3 Å². The third-order valence-corrected chi connectivity index (χ3v) is 4.90. The molecule has 2 aromatic rings. The molecule has 123 valence electrons. The van der Waals surface area contributed by atoms with Crippen molar-refractivity contribution in [3.63, 3.8) is 0 Å². The summed E-state index contributed by atoms with van der Waals surface area (Å²) in [6, 6.07) is 14.1. The summed E-state index contributed by atoms with van der Waals surface area (Å²) in [5.74, 6) is 0.899. The lowest BCUT2D eigenvalue weighted by Crippen LogP contribution is -2.00. The van der Waals surface area contributed by atoms with Gasteiger partial charge < -0.3 is 4.74 Å². The number of allylic oxidation sites excluding steroid dienone is 4. The predicted molar refractivity (Wildman–Crippen MR) is 104 cm³/mol. The molecule has 0 N–H and O–H groups in total. The van der Waals surface area contributed by atoms with Crippen molar-refractivity contribution in [3.8, 4) is 5.75 Å². The van der Waals surface area contributed by atoms with Crippen molar-refractivity contribution in [2.45, 2.75) is 20.3 Å². The zero-order valence-electron chi connectivity index (χ0n) is 13.8. The maximum Gasteiger partial charge on any atom is 0.119 e. The average Bonchev–Trinajstić information content (AvgIpc) is 2.59. The summed E-state index contributed by atoms with van der Waals surface area (Å²) in [6.07, 6.45) is 5.38. The fourth-order valence-corrected chi connectivity index (χ4v) is 3.27. The highest BCUT2D eigenvalue weighted by atomic mass is 35.5. The lowest BCUT2D eigenvalue weighted by Gasteiger charge is -2.20. The Kier molecular flexibility index (Phi) is 5.33. The van der Waals surface area contributed by atoms with Crippen LogP contribution in [-0.4, -0.2) is 6.61 Å². The molecule has 0 spiro atoms. The number of benzene rings is 2. The van der Waals surface area contributed by atoms with Crippen LogP contribution in [0.5, 0.6) is 5.75 Å².